The van der Waals surface area contributed by atoms with Crippen LogP contribution in [0.1, 0.15) is 10.4 Å². The maximum absolute atomic E-state index is 11.6. The predicted molar refractivity (Wildman–Crippen MR) is 53.7 cm³/mol. The van der Waals surface area contributed by atoms with Gasteiger partial charge in [0.2, 0.25) is 0 Å². The number of rotatable bonds is 2. The average molecular weight is 205 g/mol. The number of carbonyl (C=O) groups is 1. The van der Waals surface area contributed by atoms with E-state index in [1.807, 2.05) is 6.07 Å². The summed E-state index contributed by atoms with van der Waals surface area (Å²) in [7, 11) is 1.80. The molecule has 0 aliphatic carbocycles. The van der Waals surface area contributed by atoms with Crippen LogP contribution < -0.4 is 5.53 Å². The van der Waals surface area contributed by atoms with E-state index in [0.717, 1.165) is 0 Å². The first kappa shape index (κ1) is 9.54. The molecule has 0 spiro atoms. The molecule has 1 aliphatic rings. The molecular weight excluding hydrogens is 194 g/mol. The Bertz CT molecular complexity index is 378. The van der Waals surface area contributed by atoms with Gasteiger partial charge in [-0.2, -0.15) is 0 Å². The zero-order chi connectivity index (χ0) is 10.7. The van der Waals surface area contributed by atoms with Crippen LogP contribution in [-0.4, -0.2) is 23.2 Å². The van der Waals surface area contributed by atoms with Crippen LogP contribution in [0, 0.1) is 0 Å². The number of hydrazine groups is 2. The Morgan fingerprint density at radius 3 is 2.60 bits per heavy atom. The largest absolute Gasteiger partial charge is 0.365 e. The van der Waals surface area contributed by atoms with Crippen LogP contribution in [0.3, 0.4) is 0 Å². The average Bonchev–Trinajstić information content (AvgIpc) is 2.65. The number of carbonyl (C=O) groups excluding carboxylic acids is 1. The first-order valence-electron chi connectivity index (χ1n) is 4.50. The standard InChI is InChI=1S/C10H11N3O2/c1-12-7-8-13(11-12)15-10(14)9-5-3-2-4-6-9/h2-8,11H,1H3. The lowest BCUT2D eigenvalue weighted by atomic mass is 10.2. The van der Waals surface area contributed by atoms with Gasteiger partial charge in [0.1, 0.15) is 0 Å². The highest BCUT2D eigenvalue weighted by molar-refractivity contribution is 5.89. The van der Waals surface area contributed by atoms with Gasteiger partial charge >= 0.3 is 5.97 Å². The van der Waals surface area contributed by atoms with Gasteiger partial charge in [-0.1, -0.05) is 18.2 Å². The van der Waals surface area contributed by atoms with Crippen molar-refractivity contribution in [3.05, 3.63) is 48.3 Å². The van der Waals surface area contributed by atoms with Crippen molar-refractivity contribution in [3.8, 4) is 0 Å². The zero-order valence-electron chi connectivity index (χ0n) is 8.25. The minimum atomic E-state index is -0.400. The summed E-state index contributed by atoms with van der Waals surface area (Å²) in [6, 6.07) is 8.82. The Kier molecular flexibility index (Phi) is 2.55. The molecule has 2 rings (SSSR count). The lowest BCUT2D eigenvalue weighted by molar-refractivity contribution is -0.127. The van der Waals surface area contributed by atoms with Crippen LogP contribution in [0.2, 0.25) is 0 Å². The third kappa shape index (κ3) is 2.26. The van der Waals surface area contributed by atoms with E-state index in [9.17, 15) is 4.79 Å². The monoisotopic (exact) mass is 205 g/mol. The lowest BCUT2D eigenvalue weighted by Gasteiger charge is -2.17. The summed E-state index contributed by atoms with van der Waals surface area (Å²) < 4.78 is 0. The molecule has 1 N–H and O–H groups in total. The third-order valence-electron chi connectivity index (χ3n) is 1.87. The number of hydroxylamine groups is 1. The Morgan fingerprint density at radius 1 is 1.27 bits per heavy atom. The van der Waals surface area contributed by atoms with E-state index in [-0.39, 0.29) is 0 Å². The van der Waals surface area contributed by atoms with E-state index in [4.69, 9.17) is 4.84 Å². The molecule has 5 heteroatoms. The second kappa shape index (κ2) is 4.02. The zero-order valence-corrected chi connectivity index (χ0v) is 8.25. The minimum absolute atomic E-state index is 0.400. The molecule has 78 valence electrons. The summed E-state index contributed by atoms with van der Waals surface area (Å²) >= 11 is 0. The Balaban J connectivity index is 1.96. The number of nitrogens with one attached hydrogen (secondary N) is 1. The van der Waals surface area contributed by atoms with Crippen molar-refractivity contribution in [1.82, 2.24) is 15.7 Å². The molecule has 0 bridgehead atoms. The molecular formula is C10H11N3O2. The van der Waals surface area contributed by atoms with Crippen LogP contribution in [0.5, 0.6) is 0 Å². The number of nitrogens with zero attached hydrogens (tertiary/aromatic N) is 2. The first-order chi connectivity index (χ1) is 7.25. The van der Waals surface area contributed by atoms with Gasteiger partial charge in [0.05, 0.1) is 11.8 Å². The summed E-state index contributed by atoms with van der Waals surface area (Å²) in [4.78, 5) is 16.6. The van der Waals surface area contributed by atoms with E-state index in [0.29, 0.717) is 5.56 Å². The first-order valence-corrected chi connectivity index (χ1v) is 4.50. The van der Waals surface area contributed by atoms with Crippen LogP contribution in [0.4, 0.5) is 0 Å². The predicted octanol–water partition coefficient (Wildman–Crippen LogP) is 0.897. The van der Waals surface area contributed by atoms with Gasteiger partial charge in [-0.3, -0.25) is 5.01 Å². The van der Waals surface area contributed by atoms with Gasteiger partial charge in [0.25, 0.3) is 0 Å². The van der Waals surface area contributed by atoms with E-state index in [1.165, 1.54) is 5.17 Å². The van der Waals surface area contributed by atoms with Gasteiger partial charge in [-0.25, -0.2) is 4.79 Å². The number of benzene rings is 1. The summed E-state index contributed by atoms with van der Waals surface area (Å²) in [6.45, 7) is 0. The maximum Gasteiger partial charge on any atom is 0.365 e. The minimum Gasteiger partial charge on any atom is -0.319 e. The molecule has 0 atom stereocenters. The van der Waals surface area contributed by atoms with Crippen LogP contribution >= 0.6 is 0 Å². The van der Waals surface area contributed by atoms with E-state index >= 15 is 0 Å². The fourth-order valence-electron chi connectivity index (χ4n) is 1.15. The molecule has 5 nitrogen and oxygen atoms in total. The van der Waals surface area contributed by atoms with Crippen molar-refractivity contribution in [1.29, 1.82) is 0 Å². The van der Waals surface area contributed by atoms with Crippen LogP contribution in [-0.2, 0) is 4.84 Å². The van der Waals surface area contributed by atoms with Gasteiger partial charge in [0.15, 0.2) is 0 Å². The SMILES string of the molecule is CN1C=CN(OC(=O)c2ccccc2)N1. The summed E-state index contributed by atoms with van der Waals surface area (Å²) in [5.41, 5.74) is 3.28. The Morgan fingerprint density at radius 2 is 2.00 bits per heavy atom. The van der Waals surface area contributed by atoms with E-state index < -0.39 is 5.97 Å². The highest BCUT2D eigenvalue weighted by Crippen LogP contribution is 2.05. The van der Waals surface area contributed by atoms with E-state index in [1.54, 1.807) is 48.7 Å². The lowest BCUT2D eigenvalue weighted by Crippen LogP contribution is -2.38. The fraction of sp³-hybridized carbons (Fsp3) is 0.100. The van der Waals surface area contributed by atoms with Crippen LogP contribution in [0.15, 0.2) is 42.7 Å². The smallest absolute Gasteiger partial charge is 0.319 e. The number of hydrogen-bond acceptors (Lipinski definition) is 5. The number of hydrogen-bond donors (Lipinski definition) is 1. The van der Waals surface area contributed by atoms with Crippen molar-refractivity contribution in [3.63, 3.8) is 0 Å². The molecule has 0 amide bonds. The van der Waals surface area contributed by atoms with Crippen molar-refractivity contribution >= 4 is 5.97 Å². The van der Waals surface area contributed by atoms with Crippen molar-refractivity contribution < 1.29 is 9.63 Å². The Hall–Kier alpha value is -2.01. The second-order valence-electron chi connectivity index (χ2n) is 3.08. The maximum atomic E-state index is 11.6. The second-order valence-corrected chi connectivity index (χ2v) is 3.08. The van der Waals surface area contributed by atoms with Gasteiger partial charge in [-0.05, 0) is 12.1 Å². The summed E-state index contributed by atoms with van der Waals surface area (Å²) in [5, 5.41) is 2.91. The highest BCUT2D eigenvalue weighted by atomic mass is 16.7. The van der Waals surface area contributed by atoms with Crippen LogP contribution in [0.25, 0.3) is 0 Å². The molecule has 1 aromatic rings. The highest BCUT2D eigenvalue weighted by Gasteiger charge is 2.14. The third-order valence-corrected chi connectivity index (χ3v) is 1.87. The van der Waals surface area contributed by atoms with Crippen molar-refractivity contribution in [2.24, 2.45) is 0 Å². The quantitative estimate of drug-likeness (QED) is 0.777. The summed E-state index contributed by atoms with van der Waals surface area (Å²) in [6.07, 6.45) is 3.35. The van der Waals surface area contributed by atoms with Crippen molar-refractivity contribution in [2.45, 2.75) is 0 Å². The topological polar surface area (TPSA) is 44.8 Å². The molecule has 15 heavy (non-hydrogen) atoms. The normalized spacial score (nSPS) is 14.5. The molecule has 0 unspecified atom stereocenters. The molecule has 0 radical (unpaired) electrons. The summed E-state index contributed by atoms with van der Waals surface area (Å²) in [5.74, 6) is -0.400. The molecule has 1 heterocycles. The molecule has 0 aromatic heterocycles. The van der Waals surface area contributed by atoms with Crippen molar-refractivity contribution in [2.75, 3.05) is 7.05 Å². The molecule has 0 saturated carbocycles. The van der Waals surface area contributed by atoms with Gasteiger partial charge < -0.3 is 4.84 Å². The molecule has 0 fully saturated rings. The van der Waals surface area contributed by atoms with Gasteiger partial charge in [0, 0.05) is 13.2 Å². The Labute approximate surface area is 87.4 Å². The molecule has 1 aliphatic heterocycles. The van der Waals surface area contributed by atoms with E-state index in [2.05, 4.69) is 5.53 Å². The molecule has 1 aromatic carbocycles. The molecule has 0 saturated heterocycles. The fourth-order valence-corrected chi connectivity index (χ4v) is 1.15. The van der Waals surface area contributed by atoms with Gasteiger partial charge in [-0.15, -0.1) is 10.7 Å².